The monoisotopic (exact) mass is 299 g/mol. The van der Waals surface area contributed by atoms with E-state index in [-0.39, 0.29) is 17.4 Å². The Morgan fingerprint density at radius 1 is 1.36 bits per heavy atom. The molecule has 0 aromatic carbocycles. The van der Waals surface area contributed by atoms with E-state index in [9.17, 15) is 4.79 Å². The Kier molecular flexibility index (Phi) is 3.68. The number of nitrogens with zero attached hydrogens (tertiary/aromatic N) is 4. The molecule has 0 spiro atoms. The third-order valence-electron chi connectivity index (χ3n) is 3.89. The minimum Gasteiger partial charge on any atom is -0.346 e. The predicted octanol–water partition coefficient (Wildman–Crippen LogP) is 1.72. The number of carbonyl (C=O) groups is 1. The Balaban J connectivity index is 1.69. The molecular weight excluding hydrogens is 278 g/mol. The number of imidazole rings is 1. The van der Waals surface area contributed by atoms with Crippen molar-refractivity contribution < 1.29 is 4.79 Å². The molecule has 0 saturated carbocycles. The molecule has 22 heavy (non-hydrogen) atoms. The molecule has 6 heteroatoms. The zero-order valence-corrected chi connectivity index (χ0v) is 13.2. The molecule has 3 heterocycles. The van der Waals surface area contributed by atoms with Crippen molar-refractivity contribution in [3.05, 3.63) is 42.0 Å². The van der Waals surface area contributed by atoms with Gasteiger partial charge < -0.3 is 9.88 Å². The van der Waals surface area contributed by atoms with Gasteiger partial charge in [-0.1, -0.05) is 20.8 Å². The van der Waals surface area contributed by atoms with Gasteiger partial charge in [0.1, 0.15) is 11.5 Å². The van der Waals surface area contributed by atoms with E-state index >= 15 is 0 Å². The molecule has 0 fully saturated rings. The fourth-order valence-corrected chi connectivity index (χ4v) is 2.60. The zero-order chi connectivity index (χ0) is 15.7. The van der Waals surface area contributed by atoms with Gasteiger partial charge in [0.25, 0.3) is 5.91 Å². The summed E-state index contributed by atoms with van der Waals surface area (Å²) in [6, 6.07) is 0.101. The molecule has 1 atom stereocenters. The summed E-state index contributed by atoms with van der Waals surface area (Å²) >= 11 is 0. The van der Waals surface area contributed by atoms with Gasteiger partial charge in [0.15, 0.2) is 0 Å². The first-order valence-electron chi connectivity index (χ1n) is 7.57. The summed E-state index contributed by atoms with van der Waals surface area (Å²) in [5.74, 6) is 0.938. The van der Waals surface area contributed by atoms with E-state index in [1.807, 2.05) is 0 Å². The van der Waals surface area contributed by atoms with Gasteiger partial charge >= 0.3 is 0 Å². The van der Waals surface area contributed by atoms with Gasteiger partial charge in [-0.25, -0.2) is 9.97 Å². The Labute approximate surface area is 130 Å². The van der Waals surface area contributed by atoms with Crippen LogP contribution in [-0.4, -0.2) is 31.5 Å². The van der Waals surface area contributed by atoms with Crippen molar-refractivity contribution in [1.82, 2.24) is 24.8 Å². The third kappa shape index (κ3) is 3.00. The standard InChI is InChI=1S/C16H21N5O/c1-16(2,3)13-10-21-9-11(4-5-14(21)20-13)19-15(22)12-8-17-6-7-18-12/h6-8,10-11H,4-5,9H2,1-3H3,(H,19,22)/t11-/m1/s1. The number of hydrogen-bond acceptors (Lipinski definition) is 4. The molecule has 116 valence electrons. The number of rotatable bonds is 2. The lowest BCUT2D eigenvalue weighted by molar-refractivity contribution is 0.0922. The fourth-order valence-electron chi connectivity index (χ4n) is 2.60. The van der Waals surface area contributed by atoms with E-state index in [0.29, 0.717) is 5.69 Å². The molecule has 0 saturated heterocycles. The van der Waals surface area contributed by atoms with E-state index in [1.54, 1.807) is 6.20 Å². The molecule has 0 aliphatic carbocycles. The van der Waals surface area contributed by atoms with Crippen LogP contribution in [0.25, 0.3) is 0 Å². The second-order valence-corrected chi connectivity index (χ2v) is 6.74. The second-order valence-electron chi connectivity index (χ2n) is 6.74. The highest BCUT2D eigenvalue weighted by atomic mass is 16.1. The first-order chi connectivity index (χ1) is 10.4. The molecule has 2 aromatic rings. The van der Waals surface area contributed by atoms with Crippen LogP contribution in [-0.2, 0) is 18.4 Å². The van der Waals surface area contributed by atoms with Gasteiger partial charge in [-0.05, 0) is 6.42 Å². The second kappa shape index (κ2) is 5.51. The van der Waals surface area contributed by atoms with Crippen LogP contribution < -0.4 is 5.32 Å². The summed E-state index contributed by atoms with van der Waals surface area (Å²) in [7, 11) is 0. The lowest BCUT2D eigenvalue weighted by Crippen LogP contribution is -2.41. The lowest BCUT2D eigenvalue weighted by Gasteiger charge is -2.24. The SMILES string of the molecule is CC(C)(C)c1cn2c(n1)CC[C@@H](NC(=O)c1cnccn1)C2. The average Bonchev–Trinajstić information content (AvgIpc) is 2.91. The molecule has 0 bridgehead atoms. The number of hydrogen-bond donors (Lipinski definition) is 1. The molecule has 1 aliphatic heterocycles. The molecule has 0 unspecified atom stereocenters. The van der Waals surface area contributed by atoms with E-state index in [0.717, 1.165) is 30.9 Å². The van der Waals surface area contributed by atoms with Crippen molar-refractivity contribution >= 4 is 5.91 Å². The Bertz CT molecular complexity index is 672. The first-order valence-corrected chi connectivity index (χ1v) is 7.57. The number of amides is 1. The number of aryl methyl sites for hydroxylation is 1. The van der Waals surface area contributed by atoms with Crippen LogP contribution in [0, 0.1) is 0 Å². The van der Waals surface area contributed by atoms with Crippen molar-refractivity contribution in [3.8, 4) is 0 Å². The summed E-state index contributed by atoms with van der Waals surface area (Å²) in [5.41, 5.74) is 1.50. The summed E-state index contributed by atoms with van der Waals surface area (Å²) in [6.07, 6.45) is 8.45. The summed E-state index contributed by atoms with van der Waals surface area (Å²) in [6.45, 7) is 7.24. The third-order valence-corrected chi connectivity index (χ3v) is 3.89. The normalized spacial score (nSPS) is 17.9. The van der Waals surface area contributed by atoms with Crippen LogP contribution >= 0.6 is 0 Å². The molecule has 0 radical (unpaired) electrons. The number of nitrogens with one attached hydrogen (secondary N) is 1. The van der Waals surface area contributed by atoms with Crippen molar-refractivity contribution in [3.63, 3.8) is 0 Å². The van der Waals surface area contributed by atoms with E-state index in [2.05, 4.69) is 46.8 Å². The van der Waals surface area contributed by atoms with E-state index < -0.39 is 0 Å². The van der Waals surface area contributed by atoms with Gasteiger partial charge in [0.05, 0.1) is 11.9 Å². The number of fused-ring (bicyclic) bond motifs is 1. The molecular formula is C16H21N5O. The quantitative estimate of drug-likeness (QED) is 0.916. The summed E-state index contributed by atoms with van der Waals surface area (Å²) in [4.78, 5) is 24.8. The highest BCUT2D eigenvalue weighted by Crippen LogP contribution is 2.24. The maximum absolute atomic E-state index is 12.2. The Morgan fingerprint density at radius 2 is 2.18 bits per heavy atom. The van der Waals surface area contributed by atoms with Crippen LogP contribution in [0.2, 0.25) is 0 Å². The Morgan fingerprint density at radius 3 is 2.86 bits per heavy atom. The average molecular weight is 299 g/mol. The summed E-state index contributed by atoms with van der Waals surface area (Å²) < 4.78 is 2.16. The largest absolute Gasteiger partial charge is 0.346 e. The topological polar surface area (TPSA) is 72.7 Å². The highest BCUT2D eigenvalue weighted by molar-refractivity contribution is 5.92. The van der Waals surface area contributed by atoms with Crippen LogP contribution in [0.5, 0.6) is 0 Å². The van der Waals surface area contributed by atoms with E-state index in [4.69, 9.17) is 4.98 Å². The molecule has 1 N–H and O–H groups in total. The van der Waals surface area contributed by atoms with E-state index in [1.165, 1.54) is 12.4 Å². The number of carbonyl (C=O) groups excluding carboxylic acids is 1. The summed E-state index contributed by atoms with van der Waals surface area (Å²) in [5, 5.41) is 3.03. The van der Waals surface area contributed by atoms with Crippen molar-refractivity contribution in [2.24, 2.45) is 0 Å². The molecule has 1 aliphatic rings. The minimum absolute atomic E-state index is 0.0444. The maximum Gasteiger partial charge on any atom is 0.271 e. The smallest absolute Gasteiger partial charge is 0.271 e. The van der Waals surface area contributed by atoms with Crippen molar-refractivity contribution in [1.29, 1.82) is 0 Å². The molecule has 6 nitrogen and oxygen atoms in total. The van der Waals surface area contributed by atoms with Crippen LogP contribution in [0.15, 0.2) is 24.8 Å². The first kappa shape index (κ1) is 14.7. The Hall–Kier alpha value is -2.24. The molecule has 1 amide bonds. The lowest BCUT2D eigenvalue weighted by atomic mass is 9.93. The minimum atomic E-state index is -0.169. The molecule has 3 rings (SSSR count). The van der Waals surface area contributed by atoms with Crippen molar-refractivity contribution in [2.45, 2.75) is 51.6 Å². The van der Waals surface area contributed by atoms with Crippen molar-refractivity contribution in [2.75, 3.05) is 0 Å². The molecule has 2 aromatic heterocycles. The van der Waals surface area contributed by atoms with Crippen LogP contribution in [0.1, 0.15) is 49.2 Å². The van der Waals surface area contributed by atoms with Gasteiger partial charge in [-0.3, -0.25) is 9.78 Å². The maximum atomic E-state index is 12.2. The van der Waals surface area contributed by atoms with Crippen LogP contribution in [0.4, 0.5) is 0 Å². The fraction of sp³-hybridized carbons (Fsp3) is 0.500. The number of aromatic nitrogens is 4. The van der Waals surface area contributed by atoms with Gasteiger partial charge in [0.2, 0.25) is 0 Å². The van der Waals surface area contributed by atoms with Crippen LogP contribution in [0.3, 0.4) is 0 Å². The highest BCUT2D eigenvalue weighted by Gasteiger charge is 2.25. The predicted molar refractivity (Wildman–Crippen MR) is 82.5 cm³/mol. The van der Waals surface area contributed by atoms with Gasteiger partial charge in [-0.15, -0.1) is 0 Å². The van der Waals surface area contributed by atoms with Gasteiger partial charge in [-0.2, -0.15) is 0 Å². The zero-order valence-electron chi connectivity index (χ0n) is 13.2. The van der Waals surface area contributed by atoms with Gasteiger partial charge in [0, 0.05) is 43.0 Å².